The van der Waals surface area contributed by atoms with E-state index in [0.717, 1.165) is 17.1 Å². The molecule has 0 aromatic heterocycles. The molecule has 1 heterocycles. The summed E-state index contributed by atoms with van der Waals surface area (Å²) in [6.07, 6.45) is 3.74. The van der Waals surface area contributed by atoms with Crippen LogP contribution in [0.2, 0.25) is 5.02 Å². The number of hydrogen-bond acceptors (Lipinski definition) is 1. The number of rotatable bonds is 3. The van der Waals surface area contributed by atoms with Crippen LogP contribution in [0.3, 0.4) is 0 Å². The van der Waals surface area contributed by atoms with E-state index in [-0.39, 0.29) is 0 Å². The summed E-state index contributed by atoms with van der Waals surface area (Å²) in [5, 5.41) is 0.786. The average Bonchev–Trinajstić information content (AvgIpc) is 2.76. The molecule has 1 aliphatic heterocycles. The Morgan fingerprint density at radius 3 is 2.94 bits per heavy atom. The van der Waals surface area contributed by atoms with Crippen molar-refractivity contribution >= 4 is 28.9 Å². The molecule has 88 valence electrons. The molecule has 1 saturated heterocycles. The lowest BCUT2D eigenvalue weighted by molar-refractivity contribution is 0.644. The average molecular weight is 258 g/mol. The van der Waals surface area contributed by atoms with E-state index >= 15 is 0 Å². The molecule has 0 aliphatic carbocycles. The van der Waals surface area contributed by atoms with Gasteiger partial charge in [-0.05, 0) is 31.4 Å². The van der Waals surface area contributed by atoms with Gasteiger partial charge in [0.2, 0.25) is 0 Å². The van der Waals surface area contributed by atoms with Crippen molar-refractivity contribution in [2.24, 2.45) is 0 Å². The first-order valence-corrected chi connectivity index (χ1v) is 6.79. The van der Waals surface area contributed by atoms with Crippen LogP contribution in [0, 0.1) is 0 Å². The Morgan fingerprint density at radius 1 is 1.44 bits per heavy atom. The van der Waals surface area contributed by atoms with E-state index in [1.807, 2.05) is 12.1 Å². The van der Waals surface area contributed by atoms with Crippen LogP contribution in [0.4, 0.5) is 5.69 Å². The van der Waals surface area contributed by atoms with E-state index in [4.69, 9.17) is 23.2 Å². The highest BCUT2D eigenvalue weighted by Gasteiger charge is 2.25. The molecule has 0 spiro atoms. The maximum Gasteiger partial charge on any atom is 0.0509 e. The molecule has 1 atom stereocenters. The summed E-state index contributed by atoms with van der Waals surface area (Å²) in [5.74, 6) is 0.488. The van der Waals surface area contributed by atoms with Gasteiger partial charge in [-0.2, -0.15) is 0 Å². The van der Waals surface area contributed by atoms with Crippen LogP contribution in [-0.4, -0.2) is 12.6 Å². The summed E-state index contributed by atoms with van der Waals surface area (Å²) < 4.78 is 0. The van der Waals surface area contributed by atoms with Crippen molar-refractivity contribution in [3.63, 3.8) is 0 Å². The van der Waals surface area contributed by atoms with Crippen LogP contribution in [0.5, 0.6) is 0 Å². The normalized spacial score (nSPS) is 20.4. The van der Waals surface area contributed by atoms with Gasteiger partial charge in [-0.15, -0.1) is 11.6 Å². The Hall–Kier alpha value is -0.400. The van der Waals surface area contributed by atoms with Gasteiger partial charge in [0.15, 0.2) is 0 Å². The monoisotopic (exact) mass is 257 g/mol. The molecular formula is C13H17Cl2N. The van der Waals surface area contributed by atoms with E-state index in [0.29, 0.717) is 11.9 Å². The lowest BCUT2D eigenvalue weighted by atomic mass is 10.1. The van der Waals surface area contributed by atoms with E-state index in [1.54, 1.807) is 0 Å². The molecule has 0 bridgehead atoms. The summed E-state index contributed by atoms with van der Waals surface area (Å²) >= 11 is 12.2. The van der Waals surface area contributed by atoms with Gasteiger partial charge in [-0.25, -0.2) is 0 Å². The number of benzene rings is 1. The van der Waals surface area contributed by atoms with Crippen LogP contribution < -0.4 is 4.90 Å². The highest BCUT2D eigenvalue weighted by molar-refractivity contribution is 6.32. The van der Waals surface area contributed by atoms with Crippen LogP contribution in [0.25, 0.3) is 0 Å². The first-order valence-electron chi connectivity index (χ1n) is 5.88. The Bertz CT molecular complexity index is 365. The maximum atomic E-state index is 6.19. The molecule has 1 aromatic rings. The standard InChI is InChI=1S/C13H17Cl2N/c1-2-10-5-4-8-16(10)13-7-3-6-12(15)11(13)9-14/h3,6-7,10H,2,4-5,8-9H2,1H3. The first kappa shape index (κ1) is 12.1. The van der Waals surface area contributed by atoms with Gasteiger partial charge in [0.05, 0.1) is 5.88 Å². The molecule has 1 fully saturated rings. The van der Waals surface area contributed by atoms with Gasteiger partial charge in [0.25, 0.3) is 0 Å². The zero-order chi connectivity index (χ0) is 11.5. The van der Waals surface area contributed by atoms with E-state index in [2.05, 4.69) is 17.9 Å². The Balaban J connectivity index is 2.35. The predicted octanol–water partition coefficient (Wildman–Crippen LogP) is 4.46. The van der Waals surface area contributed by atoms with Crippen molar-refractivity contribution in [3.05, 3.63) is 28.8 Å². The Labute approximate surface area is 107 Å². The highest BCUT2D eigenvalue weighted by Crippen LogP contribution is 2.34. The minimum absolute atomic E-state index is 0.488. The maximum absolute atomic E-state index is 6.19. The van der Waals surface area contributed by atoms with E-state index in [1.165, 1.54) is 24.9 Å². The van der Waals surface area contributed by atoms with Gasteiger partial charge < -0.3 is 4.90 Å². The zero-order valence-electron chi connectivity index (χ0n) is 9.55. The van der Waals surface area contributed by atoms with E-state index < -0.39 is 0 Å². The van der Waals surface area contributed by atoms with Crippen LogP contribution in [-0.2, 0) is 5.88 Å². The van der Waals surface area contributed by atoms with Crippen molar-refractivity contribution in [1.82, 2.24) is 0 Å². The molecule has 2 rings (SSSR count). The predicted molar refractivity (Wildman–Crippen MR) is 71.7 cm³/mol. The topological polar surface area (TPSA) is 3.24 Å². The fourth-order valence-electron chi connectivity index (χ4n) is 2.53. The molecule has 1 aromatic carbocycles. The van der Waals surface area contributed by atoms with Crippen LogP contribution >= 0.6 is 23.2 Å². The van der Waals surface area contributed by atoms with Gasteiger partial charge >= 0.3 is 0 Å². The molecular weight excluding hydrogens is 241 g/mol. The quantitative estimate of drug-likeness (QED) is 0.723. The van der Waals surface area contributed by atoms with Crippen LogP contribution in [0.1, 0.15) is 31.7 Å². The third-order valence-corrected chi connectivity index (χ3v) is 4.01. The van der Waals surface area contributed by atoms with Gasteiger partial charge in [-0.3, -0.25) is 0 Å². The molecule has 0 saturated carbocycles. The second-order valence-corrected chi connectivity index (χ2v) is 4.94. The number of alkyl halides is 1. The summed E-state index contributed by atoms with van der Waals surface area (Å²) in [4.78, 5) is 2.46. The number of halogens is 2. The number of hydrogen-bond donors (Lipinski definition) is 0. The molecule has 3 heteroatoms. The third kappa shape index (κ3) is 2.16. The molecule has 0 amide bonds. The second-order valence-electron chi connectivity index (χ2n) is 4.27. The summed E-state index contributed by atoms with van der Waals surface area (Å²) in [5.41, 5.74) is 2.30. The van der Waals surface area contributed by atoms with Crippen molar-refractivity contribution in [3.8, 4) is 0 Å². The van der Waals surface area contributed by atoms with Gasteiger partial charge in [0, 0.05) is 28.9 Å². The van der Waals surface area contributed by atoms with E-state index in [9.17, 15) is 0 Å². The smallest absolute Gasteiger partial charge is 0.0509 e. The SMILES string of the molecule is CCC1CCCN1c1cccc(Cl)c1CCl. The van der Waals surface area contributed by atoms with Crippen molar-refractivity contribution in [2.45, 2.75) is 38.1 Å². The largest absolute Gasteiger partial charge is 0.368 e. The van der Waals surface area contributed by atoms with Gasteiger partial charge in [-0.1, -0.05) is 24.6 Å². The number of nitrogens with zero attached hydrogens (tertiary/aromatic N) is 1. The summed E-state index contributed by atoms with van der Waals surface area (Å²) in [6.45, 7) is 3.37. The third-order valence-electron chi connectivity index (χ3n) is 3.39. The zero-order valence-corrected chi connectivity index (χ0v) is 11.1. The number of anilines is 1. The first-order chi connectivity index (χ1) is 7.77. The Morgan fingerprint density at radius 2 is 2.25 bits per heavy atom. The van der Waals surface area contributed by atoms with Crippen molar-refractivity contribution in [1.29, 1.82) is 0 Å². The van der Waals surface area contributed by atoms with Crippen LogP contribution in [0.15, 0.2) is 18.2 Å². The molecule has 1 unspecified atom stereocenters. The minimum Gasteiger partial charge on any atom is -0.368 e. The fourth-order valence-corrected chi connectivity index (χ4v) is 3.11. The lowest BCUT2D eigenvalue weighted by Gasteiger charge is -2.28. The summed E-state index contributed by atoms with van der Waals surface area (Å²) in [7, 11) is 0. The highest BCUT2D eigenvalue weighted by atomic mass is 35.5. The van der Waals surface area contributed by atoms with Crippen molar-refractivity contribution in [2.75, 3.05) is 11.4 Å². The molecule has 0 N–H and O–H groups in total. The van der Waals surface area contributed by atoms with Crippen molar-refractivity contribution < 1.29 is 0 Å². The van der Waals surface area contributed by atoms with Gasteiger partial charge in [0.1, 0.15) is 0 Å². The fraction of sp³-hybridized carbons (Fsp3) is 0.538. The second kappa shape index (κ2) is 5.29. The molecule has 1 aliphatic rings. The molecule has 16 heavy (non-hydrogen) atoms. The molecule has 0 radical (unpaired) electrons. The lowest BCUT2D eigenvalue weighted by Crippen LogP contribution is -2.29. The summed E-state index contributed by atoms with van der Waals surface area (Å²) in [6, 6.07) is 6.72. The Kier molecular flexibility index (Phi) is 3.99. The molecule has 1 nitrogen and oxygen atoms in total. The minimum atomic E-state index is 0.488.